The van der Waals surface area contributed by atoms with Crippen LogP contribution in [0.5, 0.6) is 0 Å². The van der Waals surface area contributed by atoms with Gasteiger partial charge in [-0.25, -0.2) is 0 Å². The van der Waals surface area contributed by atoms with Crippen molar-refractivity contribution in [2.24, 2.45) is 0 Å². The molecule has 106 valence electrons. The van der Waals surface area contributed by atoms with Gasteiger partial charge in [-0.15, -0.1) is 0 Å². The van der Waals surface area contributed by atoms with E-state index in [1.807, 2.05) is 19.2 Å². The predicted octanol–water partition coefficient (Wildman–Crippen LogP) is 3.81. The summed E-state index contributed by atoms with van der Waals surface area (Å²) in [7, 11) is 0. The third-order valence-electron chi connectivity index (χ3n) is 3.70. The summed E-state index contributed by atoms with van der Waals surface area (Å²) >= 11 is 0. The quantitative estimate of drug-likeness (QED) is 0.917. The van der Waals surface area contributed by atoms with E-state index in [4.69, 9.17) is 0 Å². The van der Waals surface area contributed by atoms with Gasteiger partial charge in [0.1, 0.15) is 0 Å². The zero-order valence-corrected chi connectivity index (χ0v) is 12.9. The van der Waals surface area contributed by atoms with E-state index in [0.29, 0.717) is 0 Å². The van der Waals surface area contributed by atoms with E-state index in [-0.39, 0.29) is 12.1 Å². The third kappa shape index (κ3) is 3.23. The van der Waals surface area contributed by atoms with Gasteiger partial charge in [0, 0.05) is 35.9 Å². The molecule has 2 unspecified atom stereocenters. The molecule has 0 aliphatic rings. The fourth-order valence-electron chi connectivity index (χ4n) is 2.87. The molecule has 0 amide bonds. The average Bonchev–Trinajstić information content (AvgIpc) is 2.38. The first kappa shape index (κ1) is 14.7. The topological polar surface area (TPSA) is 37.8 Å². The largest absolute Gasteiger partial charge is 0.304 e. The molecule has 0 spiro atoms. The monoisotopic (exact) mass is 269 g/mol. The van der Waals surface area contributed by atoms with Gasteiger partial charge in [-0.3, -0.25) is 9.97 Å². The first-order valence-corrected chi connectivity index (χ1v) is 7.09. The van der Waals surface area contributed by atoms with Crippen molar-refractivity contribution in [3.8, 4) is 0 Å². The number of hydrogen-bond donors (Lipinski definition) is 1. The van der Waals surface area contributed by atoms with Crippen molar-refractivity contribution in [3.05, 3.63) is 58.7 Å². The Morgan fingerprint density at radius 2 is 1.85 bits per heavy atom. The molecule has 2 aromatic rings. The predicted molar refractivity (Wildman–Crippen MR) is 82.7 cm³/mol. The normalized spacial score (nSPS) is 14.1. The van der Waals surface area contributed by atoms with Gasteiger partial charge in [0.15, 0.2) is 0 Å². The lowest BCUT2D eigenvalue weighted by Gasteiger charge is -2.23. The van der Waals surface area contributed by atoms with Gasteiger partial charge in [-0.2, -0.15) is 0 Å². The first-order valence-electron chi connectivity index (χ1n) is 7.09. The Kier molecular flexibility index (Phi) is 4.50. The number of nitrogens with one attached hydrogen (secondary N) is 1. The van der Waals surface area contributed by atoms with Crippen molar-refractivity contribution in [1.82, 2.24) is 15.3 Å². The minimum absolute atomic E-state index is 0.262. The molecule has 3 heteroatoms. The number of aromatic nitrogens is 2. The van der Waals surface area contributed by atoms with Gasteiger partial charge in [-0.1, -0.05) is 6.07 Å². The standard InChI is InChI=1S/C17H23N3/c1-11-9-12(2)19-14(4)17(11)15(5)20-13(3)16-7-6-8-18-10-16/h6-10,13,15,20H,1-5H3. The molecule has 0 aliphatic heterocycles. The zero-order chi connectivity index (χ0) is 14.7. The summed E-state index contributed by atoms with van der Waals surface area (Å²) < 4.78 is 0. The summed E-state index contributed by atoms with van der Waals surface area (Å²) in [6.07, 6.45) is 3.72. The van der Waals surface area contributed by atoms with Crippen molar-refractivity contribution in [2.75, 3.05) is 0 Å². The Balaban J connectivity index is 2.19. The second-order valence-corrected chi connectivity index (χ2v) is 5.48. The van der Waals surface area contributed by atoms with Gasteiger partial charge in [0.25, 0.3) is 0 Å². The van der Waals surface area contributed by atoms with Crippen LogP contribution >= 0.6 is 0 Å². The summed E-state index contributed by atoms with van der Waals surface area (Å²) in [6.45, 7) is 10.6. The van der Waals surface area contributed by atoms with E-state index in [1.54, 1.807) is 6.20 Å². The van der Waals surface area contributed by atoms with Gasteiger partial charge in [-0.05, 0) is 63.4 Å². The molecule has 0 bridgehead atoms. The molecule has 0 aliphatic carbocycles. The van der Waals surface area contributed by atoms with Crippen molar-refractivity contribution < 1.29 is 0 Å². The van der Waals surface area contributed by atoms with E-state index >= 15 is 0 Å². The van der Waals surface area contributed by atoms with Crippen LogP contribution in [-0.2, 0) is 0 Å². The molecule has 1 N–H and O–H groups in total. The smallest absolute Gasteiger partial charge is 0.0426 e. The van der Waals surface area contributed by atoms with Gasteiger partial charge < -0.3 is 5.32 Å². The summed E-state index contributed by atoms with van der Waals surface area (Å²) in [4.78, 5) is 8.76. The van der Waals surface area contributed by atoms with Crippen LogP contribution < -0.4 is 5.32 Å². The van der Waals surface area contributed by atoms with Crippen molar-refractivity contribution in [2.45, 2.75) is 46.7 Å². The molecule has 0 saturated carbocycles. The molecular weight excluding hydrogens is 246 g/mol. The molecule has 0 saturated heterocycles. The van der Waals surface area contributed by atoms with E-state index in [1.165, 1.54) is 16.7 Å². The summed E-state index contributed by atoms with van der Waals surface area (Å²) in [6, 6.07) is 6.75. The minimum Gasteiger partial charge on any atom is -0.304 e. The third-order valence-corrected chi connectivity index (χ3v) is 3.70. The van der Waals surface area contributed by atoms with Crippen molar-refractivity contribution in [3.63, 3.8) is 0 Å². The highest BCUT2D eigenvalue weighted by atomic mass is 14.9. The number of nitrogens with zero attached hydrogens (tertiary/aromatic N) is 2. The number of aryl methyl sites for hydroxylation is 3. The molecule has 2 rings (SSSR count). The maximum Gasteiger partial charge on any atom is 0.0426 e. The van der Waals surface area contributed by atoms with Crippen LogP contribution in [-0.4, -0.2) is 9.97 Å². The van der Waals surface area contributed by atoms with Crippen LogP contribution in [0, 0.1) is 20.8 Å². The minimum atomic E-state index is 0.262. The highest BCUT2D eigenvalue weighted by Crippen LogP contribution is 2.24. The van der Waals surface area contributed by atoms with Crippen molar-refractivity contribution >= 4 is 0 Å². The number of rotatable bonds is 4. The number of hydrogen-bond acceptors (Lipinski definition) is 3. The SMILES string of the molecule is Cc1cc(C)c(C(C)NC(C)c2cccnc2)c(C)n1. The van der Waals surface area contributed by atoms with Crippen LogP contribution in [0.4, 0.5) is 0 Å². The maximum atomic E-state index is 4.58. The molecule has 0 aromatic carbocycles. The fourth-order valence-corrected chi connectivity index (χ4v) is 2.87. The van der Waals surface area contributed by atoms with Crippen LogP contribution in [0.3, 0.4) is 0 Å². The second kappa shape index (κ2) is 6.14. The average molecular weight is 269 g/mol. The van der Waals surface area contributed by atoms with Crippen molar-refractivity contribution in [1.29, 1.82) is 0 Å². The summed E-state index contributed by atoms with van der Waals surface area (Å²) in [5.41, 5.74) is 5.99. The van der Waals surface area contributed by atoms with Crippen LogP contribution in [0.1, 0.15) is 54.0 Å². The van der Waals surface area contributed by atoms with E-state index in [0.717, 1.165) is 11.4 Å². The lowest BCUT2D eigenvalue weighted by atomic mass is 9.99. The molecule has 0 fully saturated rings. The Hall–Kier alpha value is -1.74. The molecule has 2 heterocycles. The second-order valence-electron chi connectivity index (χ2n) is 5.48. The highest BCUT2D eigenvalue weighted by Gasteiger charge is 2.16. The first-order chi connectivity index (χ1) is 9.49. The summed E-state index contributed by atoms with van der Waals surface area (Å²) in [5, 5.41) is 3.63. The molecule has 2 aromatic heterocycles. The lowest BCUT2D eigenvalue weighted by Crippen LogP contribution is -2.24. The van der Waals surface area contributed by atoms with Gasteiger partial charge in [0.05, 0.1) is 0 Å². The fraction of sp³-hybridized carbons (Fsp3) is 0.412. The van der Waals surface area contributed by atoms with E-state index < -0.39 is 0 Å². The van der Waals surface area contributed by atoms with Gasteiger partial charge in [0.2, 0.25) is 0 Å². The molecule has 20 heavy (non-hydrogen) atoms. The molecule has 3 nitrogen and oxygen atoms in total. The molecular formula is C17H23N3. The Morgan fingerprint density at radius 3 is 2.45 bits per heavy atom. The number of pyridine rings is 2. The Labute approximate surface area is 121 Å². The summed E-state index contributed by atoms with van der Waals surface area (Å²) in [5.74, 6) is 0. The van der Waals surface area contributed by atoms with Gasteiger partial charge >= 0.3 is 0 Å². The molecule has 0 radical (unpaired) electrons. The zero-order valence-electron chi connectivity index (χ0n) is 12.9. The lowest BCUT2D eigenvalue weighted by molar-refractivity contribution is 0.489. The van der Waals surface area contributed by atoms with E-state index in [9.17, 15) is 0 Å². The van der Waals surface area contributed by atoms with E-state index in [2.05, 4.69) is 55.1 Å². The van der Waals surface area contributed by atoms with Crippen LogP contribution in [0.2, 0.25) is 0 Å². The van der Waals surface area contributed by atoms with Crippen LogP contribution in [0.15, 0.2) is 30.6 Å². The highest BCUT2D eigenvalue weighted by molar-refractivity contribution is 5.33. The molecule has 2 atom stereocenters. The maximum absolute atomic E-state index is 4.58. The Morgan fingerprint density at radius 1 is 1.10 bits per heavy atom. The Bertz CT molecular complexity index is 555. The van der Waals surface area contributed by atoms with Crippen LogP contribution in [0.25, 0.3) is 0 Å².